The van der Waals surface area contributed by atoms with Crippen LogP contribution < -0.4 is 0 Å². The van der Waals surface area contributed by atoms with Crippen molar-refractivity contribution in [2.24, 2.45) is 0 Å². The number of hydrogen-bond donors (Lipinski definition) is 1. The van der Waals surface area contributed by atoms with Crippen molar-refractivity contribution < 1.29 is 42.1 Å². The summed E-state index contributed by atoms with van der Waals surface area (Å²) in [5.74, 6) is -0.842. The average molecular weight is 1130 g/mol. The van der Waals surface area contributed by atoms with Gasteiger partial charge in [0, 0.05) is 12.8 Å². The maximum atomic E-state index is 12.8. The Morgan fingerprint density at radius 1 is 0.400 bits per heavy atom. The van der Waals surface area contributed by atoms with E-state index >= 15 is 0 Å². The summed E-state index contributed by atoms with van der Waals surface area (Å²) < 4.78 is 34.6. The monoisotopic (exact) mass is 1130 g/mol. The van der Waals surface area contributed by atoms with Gasteiger partial charge in [-0.2, -0.15) is 0 Å². The third kappa shape index (κ3) is 63.3. The number of quaternary nitrogens is 1. The molecule has 1 N–H and O–H groups in total. The fourth-order valence-electron chi connectivity index (χ4n) is 8.27. The van der Waals surface area contributed by atoms with E-state index in [1.54, 1.807) is 0 Å². The molecular formula is C70H119NO8P+. The molecule has 0 heterocycles. The average Bonchev–Trinajstić information content (AvgIpc) is 3.42. The fourth-order valence-corrected chi connectivity index (χ4v) is 9.01. The first-order chi connectivity index (χ1) is 39.0. The molecule has 0 amide bonds. The second-order valence-corrected chi connectivity index (χ2v) is 23.5. The number of allylic oxidation sites excluding steroid dienone is 22. The van der Waals surface area contributed by atoms with Crippen LogP contribution in [0.15, 0.2) is 134 Å². The summed E-state index contributed by atoms with van der Waals surface area (Å²) in [5, 5.41) is 0. The first kappa shape index (κ1) is 76.1. The zero-order valence-electron chi connectivity index (χ0n) is 51.8. The third-order valence-corrected chi connectivity index (χ3v) is 14.1. The van der Waals surface area contributed by atoms with Crippen molar-refractivity contribution in [1.82, 2.24) is 0 Å². The van der Waals surface area contributed by atoms with Crippen molar-refractivity contribution in [2.45, 2.75) is 251 Å². The van der Waals surface area contributed by atoms with Gasteiger partial charge in [-0.05, 0) is 116 Å². The number of phosphoric ester groups is 1. The minimum absolute atomic E-state index is 0.0177. The van der Waals surface area contributed by atoms with Gasteiger partial charge in [-0.1, -0.05) is 250 Å². The molecule has 0 saturated carbocycles. The zero-order chi connectivity index (χ0) is 58.4. The van der Waals surface area contributed by atoms with Crippen LogP contribution in [-0.2, 0) is 32.7 Å². The number of unbranched alkanes of at least 4 members (excludes halogenated alkanes) is 21. The van der Waals surface area contributed by atoms with Crippen molar-refractivity contribution in [2.75, 3.05) is 47.5 Å². The summed E-state index contributed by atoms with van der Waals surface area (Å²) in [6, 6.07) is 0. The van der Waals surface area contributed by atoms with Crippen LogP contribution in [0.4, 0.5) is 0 Å². The lowest BCUT2D eigenvalue weighted by molar-refractivity contribution is -0.870. The lowest BCUT2D eigenvalue weighted by atomic mass is 10.0. The molecule has 0 aromatic carbocycles. The van der Waals surface area contributed by atoms with Crippen molar-refractivity contribution in [3.63, 3.8) is 0 Å². The summed E-state index contributed by atoms with van der Waals surface area (Å²) in [6.07, 6.45) is 86.7. The van der Waals surface area contributed by atoms with E-state index in [0.29, 0.717) is 17.4 Å². The molecule has 0 saturated heterocycles. The maximum absolute atomic E-state index is 12.8. The van der Waals surface area contributed by atoms with E-state index in [9.17, 15) is 19.0 Å². The standard InChI is InChI=1S/C70H118NO8P/c1-6-8-10-12-14-16-18-20-22-24-26-28-30-32-33-34-35-36-37-39-41-43-45-47-49-51-53-55-57-59-61-63-70(73)79-68(67-78-80(74,75)77-65-64-71(3,4)5)66-76-69(72)62-60-58-56-54-52-50-48-46-44-42-40-38-31-29-27-25-23-21-19-17-15-13-11-9-7-2/h8,10,14,16,19-22,25-28,32-33,35-36,39,41,45,47,51,53,68H,6-7,9,11-13,15,17-18,23-24,29-31,34,37-38,40,42-44,46,48-50,52,54-67H2,1-5H3/p+1/b10-8-,16-14-,21-19-,22-20-,27-25-,28-26-,33-32-,36-35-,41-39-,47-45-,53-51-. The summed E-state index contributed by atoms with van der Waals surface area (Å²) >= 11 is 0. The van der Waals surface area contributed by atoms with Crippen molar-refractivity contribution in [3.05, 3.63) is 134 Å². The number of rotatable bonds is 57. The van der Waals surface area contributed by atoms with Crippen LogP contribution in [0.2, 0.25) is 0 Å². The van der Waals surface area contributed by atoms with Gasteiger partial charge in [0.05, 0.1) is 27.7 Å². The molecule has 0 radical (unpaired) electrons. The number of carbonyl (C=O) groups excluding carboxylic acids is 2. The van der Waals surface area contributed by atoms with Crippen molar-refractivity contribution in [1.29, 1.82) is 0 Å². The van der Waals surface area contributed by atoms with Crippen LogP contribution in [0.25, 0.3) is 0 Å². The van der Waals surface area contributed by atoms with Crippen LogP contribution >= 0.6 is 7.82 Å². The molecule has 0 aliphatic carbocycles. The molecule has 0 bridgehead atoms. The van der Waals surface area contributed by atoms with E-state index in [4.69, 9.17) is 18.5 Å². The molecule has 2 atom stereocenters. The minimum Gasteiger partial charge on any atom is -0.462 e. The van der Waals surface area contributed by atoms with Crippen LogP contribution in [0, 0.1) is 0 Å². The van der Waals surface area contributed by atoms with Gasteiger partial charge in [0.15, 0.2) is 6.10 Å². The molecule has 456 valence electrons. The van der Waals surface area contributed by atoms with Crippen LogP contribution in [0.1, 0.15) is 245 Å². The Hall–Kier alpha value is -3.85. The Kier molecular flexibility index (Phi) is 56.9. The Morgan fingerprint density at radius 2 is 0.713 bits per heavy atom. The second kappa shape index (κ2) is 59.8. The number of ether oxygens (including phenoxy) is 2. The van der Waals surface area contributed by atoms with E-state index in [1.807, 2.05) is 21.1 Å². The highest BCUT2D eigenvalue weighted by molar-refractivity contribution is 7.47. The number of phosphoric acid groups is 1. The molecule has 2 unspecified atom stereocenters. The number of hydrogen-bond acceptors (Lipinski definition) is 7. The summed E-state index contributed by atoms with van der Waals surface area (Å²) in [4.78, 5) is 35.8. The number of esters is 2. The van der Waals surface area contributed by atoms with Crippen molar-refractivity contribution >= 4 is 19.8 Å². The van der Waals surface area contributed by atoms with E-state index in [1.165, 1.54) is 109 Å². The van der Waals surface area contributed by atoms with Gasteiger partial charge in [-0.25, -0.2) is 4.57 Å². The van der Waals surface area contributed by atoms with Gasteiger partial charge in [-0.15, -0.1) is 0 Å². The number of nitrogens with zero attached hydrogens (tertiary/aromatic N) is 1. The summed E-state index contributed by atoms with van der Waals surface area (Å²) in [6.45, 7) is 4.27. The summed E-state index contributed by atoms with van der Waals surface area (Å²) in [7, 11) is 1.44. The molecule has 0 aromatic heterocycles. The molecule has 0 fully saturated rings. The van der Waals surface area contributed by atoms with E-state index < -0.39 is 26.5 Å². The van der Waals surface area contributed by atoms with E-state index in [-0.39, 0.29) is 32.0 Å². The molecule has 0 aliphatic rings. The lowest BCUT2D eigenvalue weighted by Crippen LogP contribution is -2.37. The molecule has 0 aromatic rings. The lowest BCUT2D eigenvalue weighted by Gasteiger charge is -2.24. The topological polar surface area (TPSA) is 108 Å². The van der Waals surface area contributed by atoms with Gasteiger partial charge in [0.2, 0.25) is 0 Å². The van der Waals surface area contributed by atoms with Gasteiger partial charge in [0.25, 0.3) is 0 Å². The molecule has 0 spiro atoms. The maximum Gasteiger partial charge on any atom is 0.472 e. The van der Waals surface area contributed by atoms with Crippen LogP contribution in [-0.4, -0.2) is 74.9 Å². The summed E-state index contributed by atoms with van der Waals surface area (Å²) in [5.41, 5.74) is 0. The Morgan fingerprint density at radius 3 is 1.07 bits per heavy atom. The Labute approximate surface area is 491 Å². The molecule has 10 heteroatoms. The highest BCUT2D eigenvalue weighted by Crippen LogP contribution is 2.43. The largest absolute Gasteiger partial charge is 0.472 e. The molecule has 0 aliphatic heterocycles. The predicted molar refractivity (Wildman–Crippen MR) is 344 cm³/mol. The Balaban J connectivity index is 4.24. The van der Waals surface area contributed by atoms with Gasteiger partial charge >= 0.3 is 19.8 Å². The molecular weight excluding hydrogens is 1010 g/mol. The highest BCUT2D eigenvalue weighted by atomic mass is 31.2. The van der Waals surface area contributed by atoms with Gasteiger partial charge in [0.1, 0.15) is 19.8 Å². The van der Waals surface area contributed by atoms with Gasteiger partial charge < -0.3 is 18.9 Å². The fraction of sp³-hybridized carbons (Fsp3) is 0.657. The normalized spacial score (nSPS) is 14.1. The quantitative estimate of drug-likeness (QED) is 0.0211. The van der Waals surface area contributed by atoms with E-state index in [2.05, 4.69) is 148 Å². The van der Waals surface area contributed by atoms with Crippen LogP contribution in [0.5, 0.6) is 0 Å². The first-order valence-electron chi connectivity index (χ1n) is 31.9. The van der Waals surface area contributed by atoms with Crippen molar-refractivity contribution in [3.8, 4) is 0 Å². The molecule has 0 rings (SSSR count). The third-order valence-electron chi connectivity index (χ3n) is 13.2. The first-order valence-corrected chi connectivity index (χ1v) is 33.4. The predicted octanol–water partition coefficient (Wildman–Crippen LogP) is 20.5. The molecule has 9 nitrogen and oxygen atoms in total. The van der Waals surface area contributed by atoms with E-state index in [0.717, 1.165) is 103 Å². The van der Waals surface area contributed by atoms with Gasteiger partial charge in [-0.3, -0.25) is 18.6 Å². The number of carbonyl (C=O) groups is 2. The smallest absolute Gasteiger partial charge is 0.462 e. The minimum atomic E-state index is -4.41. The SMILES string of the molecule is CC/C=C\C/C=C\C/C=C\C/C=C\C/C=C\C/C=C\C/C=C\C/C=C\C/C=C\CCCCCC(=O)OC(COC(=O)CCCCCCCCCCCCCCC/C=C\C/C=C\CCCCCCC)COP(=O)(O)OCC[N+](C)(C)C. The van der Waals surface area contributed by atoms with Crippen LogP contribution in [0.3, 0.4) is 0 Å². The second-order valence-electron chi connectivity index (χ2n) is 22.1. The Bertz CT molecular complexity index is 1810. The number of likely N-dealkylation sites (N-methyl/N-ethyl adjacent to an activating group) is 1. The highest BCUT2D eigenvalue weighted by Gasteiger charge is 2.27. The zero-order valence-corrected chi connectivity index (χ0v) is 52.7. The molecule has 80 heavy (non-hydrogen) atoms.